The second-order valence-corrected chi connectivity index (χ2v) is 10.3. The maximum absolute atomic E-state index is 12.6. The van der Waals surface area contributed by atoms with Crippen LogP contribution in [0.15, 0.2) is 94.7 Å². The van der Waals surface area contributed by atoms with Crippen molar-refractivity contribution in [2.24, 2.45) is 0 Å². The molecule has 4 heteroatoms. The molecule has 0 saturated carbocycles. The van der Waals surface area contributed by atoms with Gasteiger partial charge in [0.15, 0.2) is 0 Å². The van der Waals surface area contributed by atoms with Gasteiger partial charge in [0, 0.05) is 21.3 Å². The SMILES string of the molecule is O=S(CCCCCS(=O)c1ccc2ccccc2c1)c1ccc2ccccc2c1. The van der Waals surface area contributed by atoms with Crippen LogP contribution < -0.4 is 0 Å². The molecule has 0 N–H and O–H groups in total. The minimum absolute atomic E-state index is 0.654. The van der Waals surface area contributed by atoms with Crippen molar-refractivity contribution in [3.05, 3.63) is 84.9 Å². The van der Waals surface area contributed by atoms with Gasteiger partial charge in [-0.15, -0.1) is 0 Å². The predicted octanol–water partition coefficient (Wildman–Crippen LogP) is 6.08. The van der Waals surface area contributed by atoms with Gasteiger partial charge in [-0.3, -0.25) is 8.42 Å². The molecule has 0 radical (unpaired) electrons. The number of hydrogen-bond donors (Lipinski definition) is 0. The normalized spacial score (nSPS) is 13.5. The maximum atomic E-state index is 12.6. The number of fused-ring (bicyclic) bond motifs is 2. The first-order valence-corrected chi connectivity index (χ1v) is 12.6. The minimum Gasteiger partial charge on any atom is -0.254 e. The average Bonchev–Trinajstić information content (AvgIpc) is 2.77. The molecule has 2 atom stereocenters. The van der Waals surface area contributed by atoms with Gasteiger partial charge in [-0.2, -0.15) is 0 Å². The fourth-order valence-electron chi connectivity index (χ4n) is 3.50. The number of unbranched alkanes of at least 4 members (excludes halogenated alkanes) is 2. The van der Waals surface area contributed by atoms with Crippen molar-refractivity contribution in [1.82, 2.24) is 0 Å². The van der Waals surface area contributed by atoms with E-state index in [9.17, 15) is 8.42 Å². The lowest BCUT2D eigenvalue weighted by Gasteiger charge is -2.06. The summed E-state index contributed by atoms with van der Waals surface area (Å²) in [7, 11) is -1.96. The highest BCUT2D eigenvalue weighted by atomic mass is 32.2. The Hall–Kier alpha value is -2.30. The summed E-state index contributed by atoms with van der Waals surface area (Å²) >= 11 is 0. The Morgan fingerprint density at radius 1 is 0.483 bits per heavy atom. The zero-order valence-electron chi connectivity index (χ0n) is 16.3. The fraction of sp³-hybridized carbons (Fsp3) is 0.200. The van der Waals surface area contributed by atoms with Crippen molar-refractivity contribution in [1.29, 1.82) is 0 Å². The molecule has 4 aromatic carbocycles. The summed E-state index contributed by atoms with van der Waals surface area (Å²) < 4.78 is 25.2. The molecule has 4 rings (SSSR count). The molecule has 4 aromatic rings. The van der Waals surface area contributed by atoms with E-state index in [0.717, 1.165) is 39.8 Å². The Labute approximate surface area is 176 Å². The van der Waals surface area contributed by atoms with E-state index in [0.29, 0.717) is 11.5 Å². The highest BCUT2D eigenvalue weighted by Gasteiger charge is 2.07. The lowest BCUT2D eigenvalue weighted by molar-refractivity contribution is 0.671. The smallest absolute Gasteiger partial charge is 0.0529 e. The molecule has 29 heavy (non-hydrogen) atoms. The molecule has 148 valence electrons. The van der Waals surface area contributed by atoms with Gasteiger partial charge in [-0.25, -0.2) is 0 Å². The van der Waals surface area contributed by atoms with E-state index >= 15 is 0 Å². The van der Waals surface area contributed by atoms with Gasteiger partial charge < -0.3 is 0 Å². The third-order valence-electron chi connectivity index (χ3n) is 5.13. The predicted molar refractivity (Wildman–Crippen MR) is 124 cm³/mol. The molecule has 2 nitrogen and oxygen atoms in total. The van der Waals surface area contributed by atoms with Gasteiger partial charge in [0.05, 0.1) is 21.6 Å². The first kappa shape index (κ1) is 20.0. The van der Waals surface area contributed by atoms with E-state index in [2.05, 4.69) is 24.3 Å². The van der Waals surface area contributed by atoms with Gasteiger partial charge in [0.25, 0.3) is 0 Å². The Bertz CT molecular complexity index is 1090. The third-order valence-corrected chi connectivity index (χ3v) is 8.01. The molecular weight excluding hydrogens is 396 g/mol. The maximum Gasteiger partial charge on any atom is 0.0529 e. The highest BCUT2D eigenvalue weighted by molar-refractivity contribution is 7.85. The molecule has 0 aliphatic carbocycles. The number of rotatable bonds is 8. The van der Waals surface area contributed by atoms with Crippen molar-refractivity contribution in [2.75, 3.05) is 11.5 Å². The van der Waals surface area contributed by atoms with Crippen LogP contribution in [-0.2, 0) is 21.6 Å². The van der Waals surface area contributed by atoms with Crippen LogP contribution >= 0.6 is 0 Å². The molecule has 0 aliphatic rings. The largest absolute Gasteiger partial charge is 0.254 e. The topological polar surface area (TPSA) is 34.1 Å². The first-order chi connectivity index (χ1) is 14.2. The zero-order valence-corrected chi connectivity index (χ0v) is 17.9. The molecular formula is C25H24O2S2. The second kappa shape index (κ2) is 9.47. The lowest BCUT2D eigenvalue weighted by atomic mass is 10.1. The van der Waals surface area contributed by atoms with Crippen molar-refractivity contribution in [2.45, 2.75) is 29.1 Å². The monoisotopic (exact) mass is 420 g/mol. The van der Waals surface area contributed by atoms with Crippen LogP contribution in [0.25, 0.3) is 21.5 Å². The summed E-state index contributed by atoms with van der Waals surface area (Å²) in [5.74, 6) is 1.31. The minimum atomic E-state index is -0.981. The average molecular weight is 421 g/mol. The van der Waals surface area contributed by atoms with Crippen LogP contribution in [0.2, 0.25) is 0 Å². The number of hydrogen-bond acceptors (Lipinski definition) is 2. The molecule has 0 heterocycles. The van der Waals surface area contributed by atoms with Crippen LogP contribution in [0.3, 0.4) is 0 Å². The molecule has 0 bridgehead atoms. The zero-order chi connectivity index (χ0) is 20.1. The highest BCUT2D eigenvalue weighted by Crippen LogP contribution is 2.20. The molecule has 2 unspecified atom stereocenters. The van der Waals surface area contributed by atoms with E-state index in [-0.39, 0.29) is 0 Å². The van der Waals surface area contributed by atoms with Gasteiger partial charge in [-0.05, 0) is 58.7 Å². The molecule has 0 spiro atoms. The van der Waals surface area contributed by atoms with Crippen molar-refractivity contribution in [3.63, 3.8) is 0 Å². The van der Waals surface area contributed by atoms with Gasteiger partial charge in [0.1, 0.15) is 0 Å². The van der Waals surface area contributed by atoms with Crippen LogP contribution in [0.1, 0.15) is 19.3 Å². The summed E-state index contributed by atoms with van der Waals surface area (Å²) in [6.45, 7) is 0. The molecule has 0 saturated heterocycles. The quantitative estimate of drug-likeness (QED) is 0.324. The van der Waals surface area contributed by atoms with E-state index in [4.69, 9.17) is 0 Å². The van der Waals surface area contributed by atoms with Crippen LogP contribution in [0, 0.1) is 0 Å². The summed E-state index contributed by atoms with van der Waals surface area (Å²) in [5, 5.41) is 4.60. The summed E-state index contributed by atoms with van der Waals surface area (Å²) in [5.41, 5.74) is 0. The van der Waals surface area contributed by atoms with Crippen molar-refractivity contribution in [3.8, 4) is 0 Å². The van der Waals surface area contributed by atoms with Crippen molar-refractivity contribution < 1.29 is 8.42 Å². The Kier molecular flexibility index (Phi) is 6.53. The van der Waals surface area contributed by atoms with Gasteiger partial charge in [-0.1, -0.05) is 67.1 Å². The molecule has 0 fully saturated rings. The van der Waals surface area contributed by atoms with E-state index < -0.39 is 21.6 Å². The second-order valence-electron chi connectivity index (χ2n) is 7.18. The van der Waals surface area contributed by atoms with Crippen LogP contribution in [-0.4, -0.2) is 19.9 Å². The number of benzene rings is 4. The molecule has 0 aromatic heterocycles. The lowest BCUT2D eigenvalue weighted by Crippen LogP contribution is -2.01. The summed E-state index contributed by atoms with van der Waals surface area (Å²) in [6, 6.07) is 28.3. The fourth-order valence-corrected chi connectivity index (χ4v) is 5.86. The molecule has 0 aliphatic heterocycles. The summed E-state index contributed by atoms with van der Waals surface area (Å²) in [4.78, 5) is 1.78. The Balaban J connectivity index is 1.25. The Morgan fingerprint density at radius 3 is 1.34 bits per heavy atom. The first-order valence-electron chi connectivity index (χ1n) is 9.95. The Morgan fingerprint density at radius 2 is 0.897 bits per heavy atom. The van der Waals surface area contributed by atoms with Crippen LogP contribution in [0.5, 0.6) is 0 Å². The van der Waals surface area contributed by atoms with Gasteiger partial charge >= 0.3 is 0 Å². The van der Waals surface area contributed by atoms with E-state index in [1.165, 1.54) is 10.8 Å². The van der Waals surface area contributed by atoms with E-state index in [1.807, 2.05) is 60.7 Å². The summed E-state index contributed by atoms with van der Waals surface area (Å²) in [6.07, 6.45) is 2.71. The van der Waals surface area contributed by atoms with E-state index in [1.54, 1.807) is 0 Å². The van der Waals surface area contributed by atoms with Crippen molar-refractivity contribution >= 4 is 43.1 Å². The molecule has 0 amide bonds. The third kappa shape index (κ3) is 5.01. The van der Waals surface area contributed by atoms with Gasteiger partial charge in [0.2, 0.25) is 0 Å². The van der Waals surface area contributed by atoms with Crippen LogP contribution in [0.4, 0.5) is 0 Å². The standard InChI is InChI=1S/C25H24O2S2/c26-28(24-14-12-20-8-2-4-10-22(20)18-24)16-6-1-7-17-29(27)25-15-13-21-9-3-5-11-23(21)19-25/h2-5,8-15,18-19H,1,6-7,16-17H2.